The summed E-state index contributed by atoms with van der Waals surface area (Å²) in [6, 6.07) is 7.35. The molecule has 0 radical (unpaired) electrons. The molecule has 0 amide bonds. The number of cyclic esters (lactones) is 1. The zero-order valence-electron chi connectivity index (χ0n) is 24.4. The molecule has 0 saturated heterocycles. The second-order valence-electron chi connectivity index (χ2n) is 14.0. The lowest BCUT2D eigenvalue weighted by molar-refractivity contribution is -0.192. The lowest BCUT2D eigenvalue weighted by atomic mass is 9.79. The molecule has 0 bridgehead atoms. The van der Waals surface area contributed by atoms with Gasteiger partial charge < -0.3 is 19.3 Å². The Balaban J connectivity index is 2.04. The average Bonchev–Trinajstić information content (AvgIpc) is 2.70. The number of ether oxygens (including phenoxy) is 3. The fourth-order valence-corrected chi connectivity index (χ4v) is 4.16. The number of benzene rings is 2. The van der Waals surface area contributed by atoms with E-state index in [2.05, 4.69) is 20.8 Å². The Morgan fingerprint density at radius 1 is 0.730 bits per heavy atom. The number of fused-ring (bicyclic) bond motifs is 1. The van der Waals surface area contributed by atoms with Crippen LogP contribution in [0.4, 0.5) is 0 Å². The fourth-order valence-electron chi connectivity index (χ4n) is 4.16. The van der Waals surface area contributed by atoms with E-state index in [1.807, 2.05) is 74.4 Å². The molecule has 6 nitrogen and oxygen atoms in total. The lowest BCUT2D eigenvalue weighted by Gasteiger charge is -2.33. The molecule has 37 heavy (non-hydrogen) atoms. The smallest absolute Gasteiger partial charge is 0.411 e. The van der Waals surface area contributed by atoms with Gasteiger partial charge in [-0.1, -0.05) is 95.2 Å². The van der Waals surface area contributed by atoms with Gasteiger partial charge in [0.1, 0.15) is 22.6 Å². The van der Waals surface area contributed by atoms with E-state index in [9.17, 15) is 14.7 Å². The van der Waals surface area contributed by atoms with Crippen molar-refractivity contribution in [2.75, 3.05) is 0 Å². The van der Waals surface area contributed by atoms with Crippen molar-refractivity contribution in [3.63, 3.8) is 0 Å². The summed E-state index contributed by atoms with van der Waals surface area (Å²) in [6.07, 6.45) is 0. The molecule has 0 aromatic heterocycles. The monoisotopic (exact) mass is 510 g/mol. The lowest BCUT2D eigenvalue weighted by Crippen LogP contribution is -2.36. The quantitative estimate of drug-likeness (QED) is 0.428. The highest BCUT2D eigenvalue weighted by atomic mass is 16.9. The first-order chi connectivity index (χ1) is 16.6. The van der Waals surface area contributed by atoms with Crippen LogP contribution in [0.1, 0.15) is 126 Å². The second kappa shape index (κ2) is 9.07. The number of carbonyl (C=O) groups excluding carboxylic acids is 2. The minimum atomic E-state index is -1.58. The van der Waals surface area contributed by atoms with Crippen molar-refractivity contribution < 1.29 is 28.9 Å². The molecule has 0 saturated carbocycles. The summed E-state index contributed by atoms with van der Waals surface area (Å²) in [7, 11) is 0. The van der Waals surface area contributed by atoms with E-state index in [4.69, 9.17) is 14.2 Å². The number of rotatable bonds is 2. The summed E-state index contributed by atoms with van der Waals surface area (Å²) < 4.78 is 16.9. The van der Waals surface area contributed by atoms with E-state index in [0.29, 0.717) is 16.9 Å². The third kappa shape index (κ3) is 5.94. The normalized spacial score (nSPS) is 16.5. The number of hydrogen-bond acceptors (Lipinski definition) is 6. The summed E-state index contributed by atoms with van der Waals surface area (Å²) >= 11 is 0. The van der Waals surface area contributed by atoms with Crippen LogP contribution in [0.3, 0.4) is 0 Å². The molecule has 1 aliphatic rings. The highest BCUT2D eigenvalue weighted by Gasteiger charge is 2.37. The molecule has 202 valence electrons. The Hall–Kier alpha value is -3.02. The molecule has 2 aromatic rings. The minimum Gasteiger partial charge on any atom is -0.507 e. The van der Waals surface area contributed by atoms with Gasteiger partial charge >= 0.3 is 18.4 Å². The Bertz CT molecular complexity index is 1230. The predicted octanol–water partition coefficient (Wildman–Crippen LogP) is 7.27. The van der Waals surface area contributed by atoms with Crippen LogP contribution in [-0.2, 0) is 31.1 Å². The van der Waals surface area contributed by atoms with Gasteiger partial charge in [-0.2, -0.15) is 0 Å². The van der Waals surface area contributed by atoms with Gasteiger partial charge in [-0.05, 0) is 44.9 Å². The Kier molecular flexibility index (Phi) is 7.00. The molecule has 2 aromatic carbocycles. The van der Waals surface area contributed by atoms with Gasteiger partial charge in [0.2, 0.25) is 0 Å². The molecule has 1 unspecified atom stereocenters. The van der Waals surface area contributed by atoms with Gasteiger partial charge in [0.05, 0.1) is 0 Å². The molecule has 0 spiro atoms. The van der Waals surface area contributed by atoms with Crippen molar-refractivity contribution >= 4 is 11.9 Å². The third-order valence-corrected chi connectivity index (χ3v) is 6.61. The second-order valence-corrected chi connectivity index (χ2v) is 14.0. The Morgan fingerprint density at radius 3 is 1.70 bits per heavy atom. The van der Waals surface area contributed by atoms with Crippen LogP contribution >= 0.6 is 0 Å². The molecule has 3 rings (SSSR count). The van der Waals surface area contributed by atoms with Gasteiger partial charge in [-0.25, -0.2) is 9.59 Å². The van der Waals surface area contributed by atoms with Crippen molar-refractivity contribution in [2.24, 2.45) is 0 Å². The van der Waals surface area contributed by atoms with E-state index in [-0.39, 0.29) is 27.6 Å². The summed E-state index contributed by atoms with van der Waals surface area (Å²) in [5.74, 6) is -1.27. The standard InChI is InChI=1S/C31H42O6/c1-28(2,3)17-13-19(23(32)21(15-17)30(7,8)9)25(33)36-27-35-24-20(26(34)37-27)14-18(29(4,5)6)16-22(24)31(10,11)12/h13-16,27,32H,1-12H3. The highest BCUT2D eigenvalue weighted by molar-refractivity contribution is 5.96. The van der Waals surface area contributed by atoms with Gasteiger partial charge in [0.25, 0.3) is 0 Å². The maximum Gasteiger partial charge on any atom is 0.411 e. The first-order valence-electron chi connectivity index (χ1n) is 12.8. The van der Waals surface area contributed by atoms with Crippen LogP contribution in [-0.4, -0.2) is 23.5 Å². The minimum absolute atomic E-state index is 0.00178. The van der Waals surface area contributed by atoms with Crippen LogP contribution in [0.25, 0.3) is 0 Å². The van der Waals surface area contributed by atoms with Crippen LogP contribution in [0.15, 0.2) is 24.3 Å². The number of aromatic hydroxyl groups is 1. The predicted molar refractivity (Wildman–Crippen MR) is 145 cm³/mol. The van der Waals surface area contributed by atoms with Crippen LogP contribution in [0, 0.1) is 0 Å². The maximum absolute atomic E-state index is 13.3. The molecule has 6 heteroatoms. The molecular weight excluding hydrogens is 468 g/mol. The molecule has 1 aliphatic heterocycles. The molecule has 0 aliphatic carbocycles. The largest absolute Gasteiger partial charge is 0.507 e. The molecule has 1 heterocycles. The van der Waals surface area contributed by atoms with E-state index < -0.39 is 23.8 Å². The van der Waals surface area contributed by atoms with Gasteiger partial charge in [0, 0.05) is 11.1 Å². The van der Waals surface area contributed by atoms with Gasteiger partial charge in [0.15, 0.2) is 0 Å². The molecule has 1 atom stereocenters. The van der Waals surface area contributed by atoms with E-state index in [0.717, 1.165) is 16.7 Å². The maximum atomic E-state index is 13.3. The van der Waals surface area contributed by atoms with Crippen molar-refractivity contribution in [3.8, 4) is 11.5 Å². The molecular formula is C31H42O6. The Morgan fingerprint density at radius 2 is 1.22 bits per heavy atom. The zero-order chi connectivity index (χ0) is 28.3. The Labute approximate surface area is 221 Å². The van der Waals surface area contributed by atoms with Crippen molar-refractivity contribution in [3.05, 3.63) is 57.6 Å². The van der Waals surface area contributed by atoms with E-state index in [1.165, 1.54) is 0 Å². The van der Waals surface area contributed by atoms with Crippen LogP contribution < -0.4 is 4.74 Å². The average molecular weight is 511 g/mol. The number of hydrogen-bond donors (Lipinski definition) is 1. The molecule has 0 fully saturated rings. The van der Waals surface area contributed by atoms with E-state index >= 15 is 0 Å². The SMILES string of the molecule is CC(C)(C)c1cc(C(=O)OC2OC(=O)c3cc(C(C)(C)C)cc(C(C)(C)C)c3O2)c(O)c(C(C)(C)C)c1. The first kappa shape index (κ1) is 28.5. The van der Waals surface area contributed by atoms with Crippen molar-refractivity contribution in [2.45, 2.75) is 111 Å². The van der Waals surface area contributed by atoms with Crippen LogP contribution in [0.5, 0.6) is 11.5 Å². The topological polar surface area (TPSA) is 82.1 Å². The number of phenols is 1. The number of carbonyl (C=O) groups is 2. The summed E-state index contributed by atoms with van der Waals surface area (Å²) in [4.78, 5) is 26.4. The van der Waals surface area contributed by atoms with Crippen molar-refractivity contribution in [1.29, 1.82) is 0 Å². The van der Waals surface area contributed by atoms with E-state index in [1.54, 1.807) is 12.1 Å². The number of phenolic OH excluding ortho intramolecular Hbond substituents is 1. The fraction of sp³-hybridized carbons (Fsp3) is 0.548. The molecule has 1 N–H and O–H groups in total. The number of esters is 2. The third-order valence-electron chi connectivity index (χ3n) is 6.61. The summed E-state index contributed by atoms with van der Waals surface area (Å²) in [5.41, 5.74) is 2.37. The van der Waals surface area contributed by atoms with Gasteiger partial charge in [-0.3, -0.25) is 0 Å². The van der Waals surface area contributed by atoms with Crippen molar-refractivity contribution in [1.82, 2.24) is 0 Å². The first-order valence-corrected chi connectivity index (χ1v) is 12.8. The van der Waals surface area contributed by atoms with Crippen LogP contribution in [0.2, 0.25) is 0 Å². The summed E-state index contributed by atoms with van der Waals surface area (Å²) in [6.45, 7) is 22.7. The highest BCUT2D eigenvalue weighted by Crippen LogP contribution is 2.42. The zero-order valence-corrected chi connectivity index (χ0v) is 24.4. The summed E-state index contributed by atoms with van der Waals surface area (Å²) in [5, 5.41) is 11.0. The van der Waals surface area contributed by atoms with Gasteiger partial charge in [-0.15, -0.1) is 0 Å².